The first kappa shape index (κ1) is 22.2. The van der Waals surface area contributed by atoms with Crippen molar-refractivity contribution in [3.63, 3.8) is 0 Å². The van der Waals surface area contributed by atoms with Gasteiger partial charge in [0.05, 0.1) is 25.5 Å². The van der Waals surface area contributed by atoms with E-state index in [0.29, 0.717) is 17.5 Å². The molecule has 10 heteroatoms. The van der Waals surface area contributed by atoms with Crippen LogP contribution < -0.4 is 9.64 Å². The van der Waals surface area contributed by atoms with Gasteiger partial charge in [-0.15, -0.1) is 10.2 Å². The molecule has 0 N–H and O–H groups in total. The molecule has 0 saturated carbocycles. The number of methoxy groups -OCH3 is 1. The second-order valence-corrected chi connectivity index (χ2v) is 9.67. The van der Waals surface area contributed by atoms with E-state index < -0.39 is 0 Å². The molecule has 2 aromatic heterocycles. The van der Waals surface area contributed by atoms with Gasteiger partial charge in [0.25, 0.3) is 0 Å². The second-order valence-electron chi connectivity index (χ2n) is 8.73. The summed E-state index contributed by atoms with van der Waals surface area (Å²) in [5.41, 5.74) is 0.859. The van der Waals surface area contributed by atoms with E-state index in [9.17, 15) is 0 Å². The Balaban J connectivity index is 1.31. The van der Waals surface area contributed by atoms with Crippen LogP contribution in [0.5, 0.6) is 5.75 Å². The topological polar surface area (TPSA) is 91.3 Å². The summed E-state index contributed by atoms with van der Waals surface area (Å²) in [5, 5.41) is 14.1. The molecule has 0 amide bonds. The van der Waals surface area contributed by atoms with Crippen LogP contribution in [-0.4, -0.2) is 57.8 Å². The lowest BCUT2D eigenvalue weighted by molar-refractivity contribution is 0.0951. The monoisotopic (exact) mass is 470 g/mol. The van der Waals surface area contributed by atoms with Crippen molar-refractivity contribution in [2.45, 2.75) is 56.2 Å². The normalized spacial score (nSPS) is 19.3. The fourth-order valence-corrected chi connectivity index (χ4v) is 5.08. The average molecular weight is 471 g/mol. The van der Waals surface area contributed by atoms with Crippen LogP contribution in [0.4, 0.5) is 5.95 Å². The van der Waals surface area contributed by atoms with Gasteiger partial charge >= 0.3 is 0 Å². The first-order chi connectivity index (χ1) is 16.2. The molecule has 33 heavy (non-hydrogen) atoms. The Bertz CT molecular complexity index is 1060. The third-order valence-electron chi connectivity index (χ3n) is 6.29. The quantitative estimate of drug-likeness (QED) is 0.452. The summed E-state index contributed by atoms with van der Waals surface area (Å²) in [6, 6.07) is 7.64. The van der Waals surface area contributed by atoms with Gasteiger partial charge in [0.2, 0.25) is 17.7 Å². The minimum atomic E-state index is 0.214. The Hall–Kier alpha value is -2.59. The van der Waals surface area contributed by atoms with E-state index in [1.165, 1.54) is 12.8 Å². The van der Waals surface area contributed by atoms with Crippen molar-refractivity contribution >= 4 is 17.7 Å². The van der Waals surface area contributed by atoms with Crippen LogP contribution in [0.1, 0.15) is 38.5 Å². The molecule has 0 aliphatic carbocycles. The summed E-state index contributed by atoms with van der Waals surface area (Å²) in [4.78, 5) is 6.92. The summed E-state index contributed by atoms with van der Waals surface area (Å²) < 4.78 is 18.9. The van der Waals surface area contributed by atoms with Crippen molar-refractivity contribution in [3.05, 3.63) is 30.2 Å². The lowest BCUT2D eigenvalue weighted by Crippen LogP contribution is -2.35. The Kier molecular flexibility index (Phi) is 6.82. The fraction of sp³-hybridized carbons (Fsp3) is 0.565. The Morgan fingerprint density at radius 3 is 2.85 bits per heavy atom. The highest BCUT2D eigenvalue weighted by Gasteiger charge is 2.26. The van der Waals surface area contributed by atoms with Crippen molar-refractivity contribution in [2.24, 2.45) is 5.92 Å². The minimum absolute atomic E-state index is 0.214. The van der Waals surface area contributed by atoms with Gasteiger partial charge in [-0.25, -0.2) is 0 Å². The van der Waals surface area contributed by atoms with E-state index >= 15 is 0 Å². The molecule has 9 nitrogen and oxygen atoms in total. The third kappa shape index (κ3) is 5.16. The zero-order valence-corrected chi connectivity index (χ0v) is 20.0. The number of aromatic nitrogens is 5. The highest BCUT2D eigenvalue weighted by Crippen LogP contribution is 2.30. The predicted molar refractivity (Wildman–Crippen MR) is 125 cm³/mol. The van der Waals surface area contributed by atoms with Crippen molar-refractivity contribution in [1.29, 1.82) is 0 Å². The zero-order chi connectivity index (χ0) is 22.6. The SMILES string of the molecule is COc1cccc(-c2noc(CSc3nnc(N4CCC(C)CC4)n3CC3CCCO3)n2)c1. The number of rotatable bonds is 8. The summed E-state index contributed by atoms with van der Waals surface area (Å²) in [6.45, 7) is 5.96. The molecule has 1 unspecified atom stereocenters. The van der Waals surface area contributed by atoms with Crippen LogP contribution in [-0.2, 0) is 17.0 Å². The minimum Gasteiger partial charge on any atom is -0.497 e. The molecule has 1 atom stereocenters. The molecular weight excluding hydrogens is 440 g/mol. The van der Waals surface area contributed by atoms with Crippen molar-refractivity contribution in [2.75, 3.05) is 31.7 Å². The Labute approximate surface area is 197 Å². The average Bonchev–Trinajstić information content (AvgIpc) is 3.61. The van der Waals surface area contributed by atoms with E-state index in [4.69, 9.17) is 14.0 Å². The van der Waals surface area contributed by atoms with E-state index in [1.54, 1.807) is 18.9 Å². The Morgan fingerprint density at radius 2 is 2.06 bits per heavy atom. The molecule has 0 spiro atoms. The van der Waals surface area contributed by atoms with Gasteiger partial charge in [-0.1, -0.05) is 36.0 Å². The molecule has 0 bridgehead atoms. The molecule has 176 valence electrons. The second kappa shape index (κ2) is 10.1. The number of thioether (sulfide) groups is 1. The lowest BCUT2D eigenvalue weighted by atomic mass is 10.00. The zero-order valence-electron chi connectivity index (χ0n) is 19.1. The fourth-order valence-electron chi connectivity index (χ4n) is 4.30. The number of anilines is 1. The highest BCUT2D eigenvalue weighted by atomic mass is 32.2. The van der Waals surface area contributed by atoms with Crippen LogP contribution in [0.2, 0.25) is 0 Å². The number of nitrogens with zero attached hydrogens (tertiary/aromatic N) is 6. The number of hydrogen-bond acceptors (Lipinski definition) is 9. The van der Waals surface area contributed by atoms with Gasteiger partial charge in [-0.2, -0.15) is 4.98 Å². The van der Waals surface area contributed by atoms with E-state index in [2.05, 4.69) is 36.7 Å². The van der Waals surface area contributed by atoms with Crippen molar-refractivity contribution in [1.82, 2.24) is 24.9 Å². The van der Waals surface area contributed by atoms with Crippen LogP contribution in [0.15, 0.2) is 33.9 Å². The number of hydrogen-bond donors (Lipinski definition) is 0. The molecule has 2 aliphatic heterocycles. The van der Waals surface area contributed by atoms with E-state index in [-0.39, 0.29) is 6.10 Å². The smallest absolute Gasteiger partial charge is 0.237 e. The summed E-state index contributed by atoms with van der Waals surface area (Å²) >= 11 is 1.57. The van der Waals surface area contributed by atoms with Crippen LogP contribution in [0, 0.1) is 5.92 Å². The third-order valence-corrected chi connectivity index (χ3v) is 7.25. The summed E-state index contributed by atoms with van der Waals surface area (Å²) in [7, 11) is 1.64. The van der Waals surface area contributed by atoms with E-state index in [1.807, 2.05) is 24.3 Å². The molecule has 5 rings (SSSR count). The summed E-state index contributed by atoms with van der Waals surface area (Å²) in [6.07, 6.45) is 4.77. The van der Waals surface area contributed by atoms with Crippen LogP contribution in [0.3, 0.4) is 0 Å². The molecule has 1 aromatic carbocycles. The Morgan fingerprint density at radius 1 is 1.18 bits per heavy atom. The van der Waals surface area contributed by atoms with Gasteiger partial charge in [0, 0.05) is 25.3 Å². The number of piperidine rings is 1. The van der Waals surface area contributed by atoms with Crippen molar-refractivity contribution < 1.29 is 14.0 Å². The van der Waals surface area contributed by atoms with Gasteiger partial charge in [0.1, 0.15) is 5.75 Å². The molecule has 3 aromatic rings. The maximum Gasteiger partial charge on any atom is 0.237 e. The maximum atomic E-state index is 5.92. The number of benzene rings is 1. The predicted octanol–water partition coefficient (Wildman–Crippen LogP) is 4.04. The van der Waals surface area contributed by atoms with Crippen LogP contribution >= 0.6 is 11.8 Å². The molecule has 2 aliphatic rings. The molecular formula is C23H30N6O3S. The maximum absolute atomic E-state index is 5.92. The van der Waals surface area contributed by atoms with Crippen molar-refractivity contribution in [3.8, 4) is 17.1 Å². The molecule has 0 radical (unpaired) electrons. The molecule has 4 heterocycles. The lowest BCUT2D eigenvalue weighted by Gasteiger charge is -2.31. The van der Waals surface area contributed by atoms with Gasteiger partial charge in [-0.3, -0.25) is 4.57 Å². The molecule has 2 fully saturated rings. The largest absolute Gasteiger partial charge is 0.497 e. The highest BCUT2D eigenvalue weighted by molar-refractivity contribution is 7.98. The van der Waals surface area contributed by atoms with E-state index in [0.717, 1.165) is 67.4 Å². The number of ether oxygens (including phenoxy) is 2. The summed E-state index contributed by atoms with van der Waals surface area (Å²) in [5.74, 6) is 4.10. The van der Waals surface area contributed by atoms with Gasteiger partial charge in [0.15, 0.2) is 5.16 Å². The van der Waals surface area contributed by atoms with Gasteiger partial charge < -0.3 is 18.9 Å². The first-order valence-corrected chi connectivity index (χ1v) is 12.6. The van der Waals surface area contributed by atoms with Gasteiger partial charge in [-0.05, 0) is 43.7 Å². The standard InChI is InChI=1S/C23H30N6O3S/c1-16-8-10-28(11-9-16)22-25-26-23(29(22)14-19-7-4-12-31-19)33-15-20-24-21(27-32-20)17-5-3-6-18(13-17)30-2/h3,5-6,13,16,19H,4,7-12,14-15H2,1-2H3. The molecule has 2 saturated heterocycles. The first-order valence-electron chi connectivity index (χ1n) is 11.6. The van der Waals surface area contributed by atoms with Crippen LogP contribution in [0.25, 0.3) is 11.4 Å².